The van der Waals surface area contributed by atoms with Crippen LogP contribution in [0.3, 0.4) is 0 Å². The van der Waals surface area contributed by atoms with Crippen molar-refractivity contribution in [3.8, 4) is 5.75 Å². The van der Waals surface area contributed by atoms with E-state index >= 15 is 0 Å². The van der Waals surface area contributed by atoms with Crippen molar-refractivity contribution in [3.63, 3.8) is 0 Å². The van der Waals surface area contributed by atoms with Gasteiger partial charge in [-0.3, -0.25) is 0 Å². The Balaban J connectivity index is 2.26. The lowest BCUT2D eigenvalue weighted by atomic mass is 10.1. The van der Waals surface area contributed by atoms with Crippen LogP contribution in [0.25, 0.3) is 0 Å². The van der Waals surface area contributed by atoms with Crippen molar-refractivity contribution in [2.45, 2.75) is 43.7 Å². The van der Waals surface area contributed by atoms with Gasteiger partial charge in [0.05, 0.1) is 7.11 Å². The highest BCUT2D eigenvalue weighted by atomic mass is 32.2. The average Bonchev–Trinajstić information content (AvgIpc) is 2.83. The molecule has 2 N–H and O–H groups in total. The number of methoxy groups -OCH3 is 1. The molecule has 0 spiro atoms. The van der Waals surface area contributed by atoms with Crippen molar-refractivity contribution in [2.75, 3.05) is 14.2 Å². The largest absolute Gasteiger partial charge is 0.495 e. The van der Waals surface area contributed by atoms with Crippen LogP contribution in [0.4, 0.5) is 0 Å². The molecule has 21 heavy (non-hydrogen) atoms. The third-order valence-corrected chi connectivity index (χ3v) is 5.60. The van der Waals surface area contributed by atoms with Crippen molar-refractivity contribution in [2.24, 2.45) is 5.92 Å². The van der Waals surface area contributed by atoms with Crippen molar-refractivity contribution in [3.05, 3.63) is 23.8 Å². The molecule has 2 rings (SSSR count). The van der Waals surface area contributed by atoms with Crippen LogP contribution < -0.4 is 14.8 Å². The molecule has 0 saturated heterocycles. The minimum absolute atomic E-state index is 0.0247. The molecular weight excluding hydrogens is 288 g/mol. The number of sulfonamides is 1. The quantitative estimate of drug-likeness (QED) is 0.841. The maximum Gasteiger partial charge on any atom is 0.244 e. The molecule has 1 fully saturated rings. The van der Waals surface area contributed by atoms with Gasteiger partial charge in [-0.1, -0.05) is 19.4 Å². The second-order valence-corrected chi connectivity index (χ2v) is 7.33. The van der Waals surface area contributed by atoms with Crippen molar-refractivity contribution < 1.29 is 13.2 Å². The van der Waals surface area contributed by atoms with Gasteiger partial charge in [-0.15, -0.1) is 0 Å². The fourth-order valence-electron chi connectivity index (χ4n) is 2.83. The summed E-state index contributed by atoms with van der Waals surface area (Å²) >= 11 is 0. The van der Waals surface area contributed by atoms with E-state index in [0.717, 1.165) is 24.8 Å². The van der Waals surface area contributed by atoms with Gasteiger partial charge in [0.15, 0.2) is 0 Å². The first-order chi connectivity index (χ1) is 9.97. The average molecular weight is 312 g/mol. The molecule has 0 radical (unpaired) electrons. The monoisotopic (exact) mass is 312 g/mol. The summed E-state index contributed by atoms with van der Waals surface area (Å²) in [6.45, 7) is 2.76. The van der Waals surface area contributed by atoms with Gasteiger partial charge in [-0.2, -0.15) is 0 Å². The van der Waals surface area contributed by atoms with Gasteiger partial charge in [0.2, 0.25) is 10.0 Å². The lowest BCUT2D eigenvalue weighted by Crippen LogP contribution is -2.36. The highest BCUT2D eigenvalue weighted by Gasteiger charge is 2.29. The van der Waals surface area contributed by atoms with E-state index in [2.05, 4.69) is 17.0 Å². The summed E-state index contributed by atoms with van der Waals surface area (Å²) < 4.78 is 33.2. The van der Waals surface area contributed by atoms with E-state index in [9.17, 15) is 8.42 Å². The molecule has 6 heteroatoms. The van der Waals surface area contributed by atoms with E-state index in [-0.39, 0.29) is 10.9 Å². The number of benzene rings is 1. The minimum Gasteiger partial charge on any atom is -0.495 e. The van der Waals surface area contributed by atoms with Gasteiger partial charge in [0, 0.05) is 12.6 Å². The Labute approximate surface area is 127 Å². The van der Waals surface area contributed by atoms with Gasteiger partial charge in [-0.25, -0.2) is 13.1 Å². The third-order valence-electron chi connectivity index (χ3n) is 4.07. The zero-order valence-corrected chi connectivity index (χ0v) is 13.7. The highest BCUT2D eigenvalue weighted by Crippen LogP contribution is 2.29. The van der Waals surface area contributed by atoms with Gasteiger partial charge in [-0.05, 0) is 43.5 Å². The Morgan fingerprint density at radius 3 is 2.67 bits per heavy atom. The Kier molecular flexibility index (Phi) is 5.24. The van der Waals surface area contributed by atoms with E-state index in [4.69, 9.17) is 4.74 Å². The summed E-state index contributed by atoms with van der Waals surface area (Å²) in [4.78, 5) is 0.212. The molecule has 0 aromatic heterocycles. The van der Waals surface area contributed by atoms with E-state index in [1.165, 1.54) is 7.11 Å². The predicted octanol–water partition coefficient (Wildman–Crippen LogP) is 1.88. The molecule has 1 aliphatic carbocycles. The van der Waals surface area contributed by atoms with Crippen LogP contribution in [-0.4, -0.2) is 28.6 Å². The molecule has 0 aliphatic heterocycles. The Morgan fingerprint density at radius 1 is 1.33 bits per heavy atom. The third kappa shape index (κ3) is 3.75. The zero-order valence-electron chi connectivity index (χ0n) is 12.8. The fraction of sp³-hybridized carbons (Fsp3) is 0.600. The summed E-state index contributed by atoms with van der Waals surface area (Å²) in [5.41, 5.74) is 0.988. The zero-order chi connectivity index (χ0) is 15.5. The van der Waals surface area contributed by atoms with Gasteiger partial charge >= 0.3 is 0 Å². The number of ether oxygens (including phenoxy) is 1. The van der Waals surface area contributed by atoms with E-state index in [0.29, 0.717) is 18.2 Å². The van der Waals surface area contributed by atoms with Crippen molar-refractivity contribution in [1.29, 1.82) is 0 Å². The molecule has 1 saturated carbocycles. The summed E-state index contributed by atoms with van der Waals surface area (Å²) in [5.74, 6) is 0.773. The van der Waals surface area contributed by atoms with Crippen LogP contribution in [0.5, 0.6) is 5.75 Å². The number of hydrogen-bond acceptors (Lipinski definition) is 4. The summed E-state index contributed by atoms with van der Waals surface area (Å²) in [6.07, 6.45) is 3.05. The molecular formula is C15H24N2O3S. The SMILES string of the molecule is CNCc1ccc(S(=O)(=O)NC2CCCC2C)c(OC)c1. The molecule has 0 heterocycles. The first-order valence-electron chi connectivity index (χ1n) is 7.31. The second kappa shape index (κ2) is 6.77. The molecule has 1 aromatic rings. The lowest BCUT2D eigenvalue weighted by Gasteiger charge is -2.19. The fourth-order valence-corrected chi connectivity index (χ4v) is 4.36. The summed E-state index contributed by atoms with van der Waals surface area (Å²) in [7, 11) is -0.203. The van der Waals surface area contributed by atoms with E-state index in [1.807, 2.05) is 13.1 Å². The van der Waals surface area contributed by atoms with E-state index in [1.54, 1.807) is 12.1 Å². The normalized spacial score (nSPS) is 22.4. The minimum atomic E-state index is -3.55. The first kappa shape index (κ1) is 16.3. The predicted molar refractivity (Wildman–Crippen MR) is 82.9 cm³/mol. The van der Waals surface area contributed by atoms with Crippen LogP contribution in [-0.2, 0) is 16.6 Å². The van der Waals surface area contributed by atoms with Gasteiger partial charge in [0.1, 0.15) is 10.6 Å². The maximum absolute atomic E-state index is 12.6. The summed E-state index contributed by atoms with van der Waals surface area (Å²) in [6, 6.07) is 5.22. The topological polar surface area (TPSA) is 67.4 Å². The number of hydrogen-bond donors (Lipinski definition) is 2. The van der Waals surface area contributed by atoms with Crippen LogP contribution >= 0.6 is 0 Å². The molecule has 2 atom stereocenters. The van der Waals surface area contributed by atoms with Crippen molar-refractivity contribution in [1.82, 2.24) is 10.0 Å². The van der Waals surface area contributed by atoms with Crippen LogP contribution in [0, 0.1) is 5.92 Å². The standard InChI is InChI=1S/C15H24N2O3S/c1-11-5-4-6-13(11)17-21(18,19)15-8-7-12(10-16-2)9-14(15)20-3/h7-9,11,13,16-17H,4-6,10H2,1-3H3. The van der Waals surface area contributed by atoms with E-state index < -0.39 is 10.0 Å². The number of rotatable bonds is 6. The lowest BCUT2D eigenvalue weighted by molar-refractivity contribution is 0.400. The first-order valence-corrected chi connectivity index (χ1v) is 8.80. The Bertz CT molecular complexity index is 587. The van der Waals surface area contributed by atoms with Crippen LogP contribution in [0.1, 0.15) is 31.7 Å². The van der Waals surface area contributed by atoms with Crippen molar-refractivity contribution >= 4 is 10.0 Å². The molecule has 118 valence electrons. The van der Waals surface area contributed by atoms with Crippen LogP contribution in [0.2, 0.25) is 0 Å². The second-order valence-electron chi connectivity index (χ2n) is 5.65. The smallest absolute Gasteiger partial charge is 0.244 e. The molecule has 2 unspecified atom stereocenters. The highest BCUT2D eigenvalue weighted by molar-refractivity contribution is 7.89. The molecule has 0 bridgehead atoms. The molecule has 1 aromatic carbocycles. The van der Waals surface area contributed by atoms with Gasteiger partial charge < -0.3 is 10.1 Å². The maximum atomic E-state index is 12.6. The molecule has 5 nitrogen and oxygen atoms in total. The van der Waals surface area contributed by atoms with Crippen LogP contribution in [0.15, 0.2) is 23.1 Å². The molecule has 0 amide bonds. The number of nitrogens with one attached hydrogen (secondary N) is 2. The summed E-state index contributed by atoms with van der Waals surface area (Å²) in [5, 5.41) is 3.04. The Hall–Kier alpha value is -1.11. The Morgan fingerprint density at radius 2 is 2.10 bits per heavy atom. The van der Waals surface area contributed by atoms with Gasteiger partial charge in [0.25, 0.3) is 0 Å². The molecule has 1 aliphatic rings.